The average Bonchev–Trinajstić information content (AvgIpc) is 3.25. The molecular formula is C16H16N3O5+. The predicted molar refractivity (Wildman–Crippen MR) is 81.9 cm³/mol. The van der Waals surface area contributed by atoms with E-state index in [1.165, 1.54) is 15.8 Å². The van der Waals surface area contributed by atoms with Crippen LogP contribution >= 0.6 is 0 Å². The van der Waals surface area contributed by atoms with Gasteiger partial charge >= 0.3 is 11.3 Å². The normalized spacial score (nSPS) is 10.6. The van der Waals surface area contributed by atoms with E-state index in [-0.39, 0.29) is 23.9 Å². The topological polar surface area (TPSA) is 92.6 Å². The van der Waals surface area contributed by atoms with Crippen LogP contribution in [-0.2, 0) is 6.54 Å². The molecule has 124 valence electrons. The van der Waals surface area contributed by atoms with E-state index in [0.717, 1.165) is 0 Å². The number of methoxy groups -OCH3 is 1. The molecule has 8 heteroatoms. The molecule has 0 saturated heterocycles. The molecule has 0 aliphatic carbocycles. The van der Waals surface area contributed by atoms with Crippen molar-refractivity contribution in [2.45, 2.75) is 6.54 Å². The standard InChI is InChI=1S/C16H15N3O5/c1-18(15(20)14-4-3-9-23-14)10-13-16(21)24-17-19(13)11-5-7-12(22-2)8-6-11/h3-9H,10H2,1-2H3/p+1. The fourth-order valence-corrected chi connectivity index (χ4v) is 2.25. The highest BCUT2D eigenvalue weighted by Crippen LogP contribution is 2.11. The van der Waals surface area contributed by atoms with Crippen molar-refractivity contribution >= 4 is 5.91 Å². The minimum Gasteiger partial charge on any atom is -0.497 e. The molecule has 0 aliphatic rings. The van der Waals surface area contributed by atoms with E-state index in [9.17, 15) is 9.59 Å². The second-order valence-corrected chi connectivity index (χ2v) is 5.10. The van der Waals surface area contributed by atoms with Gasteiger partial charge in [-0.15, -0.1) is 0 Å². The van der Waals surface area contributed by atoms with Gasteiger partial charge in [0.15, 0.2) is 5.76 Å². The summed E-state index contributed by atoms with van der Waals surface area (Å²) in [6.45, 7) is 0.0530. The molecule has 0 aliphatic heterocycles. The van der Waals surface area contributed by atoms with Crippen LogP contribution in [0.3, 0.4) is 0 Å². The van der Waals surface area contributed by atoms with Gasteiger partial charge in [-0.2, -0.15) is 0 Å². The SMILES string of the molecule is COc1ccc(-[n+]2[nH]oc(=O)c2CN(C)C(=O)c2ccco2)cc1. The minimum absolute atomic E-state index is 0.0530. The van der Waals surface area contributed by atoms with Crippen LogP contribution in [0.1, 0.15) is 16.2 Å². The molecule has 2 aromatic heterocycles. The summed E-state index contributed by atoms with van der Waals surface area (Å²) < 4.78 is 16.5. The van der Waals surface area contributed by atoms with E-state index < -0.39 is 5.63 Å². The highest BCUT2D eigenvalue weighted by molar-refractivity contribution is 5.91. The van der Waals surface area contributed by atoms with Crippen molar-refractivity contribution in [2.24, 2.45) is 0 Å². The Hall–Kier alpha value is -3.29. The van der Waals surface area contributed by atoms with Crippen LogP contribution in [0.25, 0.3) is 5.69 Å². The van der Waals surface area contributed by atoms with Gasteiger partial charge in [0, 0.05) is 19.2 Å². The molecule has 0 fully saturated rings. The first-order chi connectivity index (χ1) is 11.6. The molecule has 0 unspecified atom stereocenters. The number of aromatic amines is 1. The summed E-state index contributed by atoms with van der Waals surface area (Å²) in [6, 6.07) is 10.2. The summed E-state index contributed by atoms with van der Waals surface area (Å²) in [5.74, 6) is 0.562. The van der Waals surface area contributed by atoms with Gasteiger partial charge in [-0.3, -0.25) is 9.32 Å². The number of aromatic nitrogens is 2. The van der Waals surface area contributed by atoms with Crippen LogP contribution in [0.4, 0.5) is 0 Å². The first kappa shape index (κ1) is 15.6. The number of nitrogens with one attached hydrogen (secondary N) is 1. The number of benzene rings is 1. The van der Waals surface area contributed by atoms with Crippen LogP contribution in [0.15, 0.2) is 56.4 Å². The fraction of sp³-hybridized carbons (Fsp3) is 0.188. The second-order valence-electron chi connectivity index (χ2n) is 5.10. The molecule has 24 heavy (non-hydrogen) atoms. The molecule has 0 spiro atoms. The fourth-order valence-electron chi connectivity index (χ4n) is 2.25. The third-order valence-electron chi connectivity index (χ3n) is 3.53. The summed E-state index contributed by atoms with van der Waals surface area (Å²) in [5.41, 5.74) is 0.406. The van der Waals surface area contributed by atoms with Crippen molar-refractivity contribution in [2.75, 3.05) is 14.2 Å². The number of carbonyl (C=O) groups is 1. The molecule has 2 heterocycles. The number of carbonyl (C=O) groups excluding carboxylic acids is 1. The molecule has 0 bridgehead atoms. The quantitative estimate of drug-likeness (QED) is 0.708. The highest BCUT2D eigenvalue weighted by atomic mass is 16.5. The van der Waals surface area contributed by atoms with Gasteiger partial charge < -0.3 is 14.1 Å². The zero-order valence-corrected chi connectivity index (χ0v) is 13.2. The maximum absolute atomic E-state index is 12.2. The predicted octanol–water partition coefficient (Wildman–Crippen LogP) is 1.12. The Morgan fingerprint density at radius 1 is 1.29 bits per heavy atom. The van der Waals surface area contributed by atoms with Gasteiger partial charge in [0.05, 0.1) is 13.4 Å². The van der Waals surface area contributed by atoms with Crippen LogP contribution in [-0.4, -0.2) is 30.2 Å². The van der Waals surface area contributed by atoms with Crippen LogP contribution in [0, 0.1) is 0 Å². The number of hydrogen-bond donors (Lipinski definition) is 1. The molecule has 0 radical (unpaired) electrons. The van der Waals surface area contributed by atoms with E-state index in [0.29, 0.717) is 11.4 Å². The van der Waals surface area contributed by atoms with E-state index >= 15 is 0 Å². The summed E-state index contributed by atoms with van der Waals surface area (Å²) >= 11 is 0. The Morgan fingerprint density at radius 2 is 2.04 bits per heavy atom. The Kier molecular flexibility index (Phi) is 4.19. The number of ether oxygens (including phenoxy) is 1. The number of furan rings is 1. The number of rotatable bonds is 5. The van der Waals surface area contributed by atoms with Crippen molar-refractivity contribution in [3.63, 3.8) is 0 Å². The monoisotopic (exact) mass is 330 g/mol. The lowest BCUT2D eigenvalue weighted by Crippen LogP contribution is -2.42. The lowest BCUT2D eigenvalue weighted by Gasteiger charge is -2.11. The van der Waals surface area contributed by atoms with Gasteiger partial charge in [-0.25, -0.2) is 4.79 Å². The molecule has 0 saturated carbocycles. The first-order valence-corrected chi connectivity index (χ1v) is 7.16. The van der Waals surface area contributed by atoms with Crippen molar-refractivity contribution in [3.05, 3.63) is 64.5 Å². The van der Waals surface area contributed by atoms with E-state index in [1.807, 2.05) is 0 Å². The van der Waals surface area contributed by atoms with Crippen molar-refractivity contribution in [1.82, 2.24) is 10.2 Å². The van der Waals surface area contributed by atoms with Crippen LogP contribution in [0.2, 0.25) is 0 Å². The van der Waals surface area contributed by atoms with Crippen LogP contribution < -0.4 is 15.0 Å². The smallest absolute Gasteiger partial charge is 0.432 e. The van der Waals surface area contributed by atoms with Crippen molar-refractivity contribution in [3.8, 4) is 11.4 Å². The summed E-state index contributed by atoms with van der Waals surface area (Å²) in [4.78, 5) is 25.6. The highest BCUT2D eigenvalue weighted by Gasteiger charge is 2.27. The lowest BCUT2D eigenvalue weighted by molar-refractivity contribution is -0.678. The molecule has 0 atom stereocenters. The van der Waals surface area contributed by atoms with Gasteiger partial charge in [0.25, 0.3) is 5.91 Å². The molecule has 1 N–H and O–H groups in total. The third kappa shape index (κ3) is 2.94. The molecule has 3 aromatic rings. The largest absolute Gasteiger partial charge is 0.497 e. The summed E-state index contributed by atoms with van der Waals surface area (Å²) in [6.07, 6.45) is 1.42. The summed E-state index contributed by atoms with van der Waals surface area (Å²) in [7, 11) is 3.15. The zero-order valence-electron chi connectivity index (χ0n) is 13.2. The van der Waals surface area contributed by atoms with Crippen molar-refractivity contribution in [1.29, 1.82) is 0 Å². The summed E-state index contributed by atoms with van der Waals surface area (Å²) in [5, 5.41) is 2.53. The minimum atomic E-state index is -0.551. The molecular weight excluding hydrogens is 314 g/mol. The Labute approximate surface area is 136 Å². The van der Waals surface area contributed by atoms with Gasteiger partial charge in [0.2, 0.25) is 5.69 Å². The molecule has 3 rings (SSSR count). The third-order valence-corrected chi connectivity index (χ3v) is 3.53. The molecule has 1 aromatic carbocycles. The Balaban J connectivity index is 1.87. The Morgan fingerprint density at radius 3 is 2.67 bits per heavy atom. The van der Waals surface area contributed by atoms with Crippen molar-refractivity contribution < 1.29 is 23.2 Å². The van der Waals surface area contributed by atoms with Gasteiger partial charge in [-0.05, 0) is 34.2 Å². The first-order valence-electron chi connectivity index (χ1n) is 7.16. The van der Waals surface area contributed by atoms with Gasteiger partial charge in [0.1, 0.15) is 12.3 Å². The average molecular weight is 330 g/mol. The van der Waals surface area contributed by atoms with Gasteiger partial charge in [-0.1, -0.05) is 0 Å². The van der Waals surface area contributed by atoms with E-state index in [2.05, 4.69) is 5.27 Å². The number of H-pyrrole nitrogens is 1. The zero-order chi connectivity index (χ0) is 17.1. The van der Waals surface area contributed by atoms with E-state index in [4.69, 9.17) is 13.7 Å². The Bertz CT molecular complexity index is 877. The number of nitrogens with zero attached hydrogens (tertiary/aromatic N) is 2. The molecule has 1 amide bonds. The number of hydrogen-bond acceptors (Lipinski definition) is 5. The van der Waals surface area contributed by atoms with E-state index in [1.54, 1.807) is 50.6 Å². The maximum Gasteiger partial charge on any atom is 0.432 e. The second kappa shape index (κ2) is 6.45. The lowest BCUT2D eigenvalue weighted by atomic mass is 10.3. The van der Waals surface area contributed by atoms with Crippen LogP contribution in [0.5, 0.6) is 5.75 Å². The maximum atomic E-state index is 12.2. The molecule has 8 nitrogen and oxygen atoms in total. The number of amides is 1.